The van der Waals surface area contributed by atoms with Crippen LogP contribution in [-0.4, -0.2) is 122 Å². The number of Topliss-reactive ketones (excluding diaryl/α,β-unsaturated/α-hetero) is 1. The van der Waals surface area contributed by atoms with E-state index in [0.29, 0.717) is 44.9 Å². The molecule has 1 rings (SSSR count). The van der Waals surface area contributed by atoms with Crippen LogP contribution in [0.4, 0.5) is 4.79 Å². The minimum absolute atomic E-state index is 0.00881. The largest absolute Gasteiger partial charge is 0.479 e. The molecule has 0 heterocycles. The number of carbonyl (C=O) groups excluding carboxylic acids is 4. The van der Waals surface area contributed by atoms with Gasteiger partial charge in [-0.3, -0.25) is 19.3 Å². The van der Waals surface area contributed by atoms with E-state index in [1.54, 1.807) is 20.8 Å². The van der Waals surface area contributed by atoms with Gasteiger partial charge in [-0.25, -0.2) is 9.59 Å². The number of ketones is 1. The van der Waals surface area contributed by atoms with Crippen LogP contribution in [-0.2, 0) is 30.5 Å². The molecular weight excluding hydrogens is 658 g/mol. The summed E-state index contributed by atoms with van der Waals surface area (Å²) >= 11 is 0. The lowest BCUT2D eigenvalue weighted by Crippen LogP contribution is -2.60. The number of hydrogen-bond acceptors (Lipinski definition) is 9. The molecule has 290 valence electrons. The van der Waals surface area contributed by atoms with Crippen LogP contribution in [0.2, 0.25) is 0 Å². The Hall–Kier alpha value is -3.55. The number of likely N-dealkylation sites (N-methyl/N-ethyl adjacent to an activating group) is 3. The van der Waals surface area contributed by atoms with E-state index in [1.807, 2.05) is 51.1 Å². The van der Waals surface area contributed by atoms with Gasteiger partial charge in [0.1, 0.15) is 18.7 Å². The number of nitrogens with zero attached hydrogens (tertiary/aromatic N) is 3. The molecule has 0 radical (unpaired) electrons. The van der Waals surface area contributed by atoms with Crippen LogP contribution in [0.15, 0.2) is 30.3 Å². The molecule has 4 N–H and O–H groups in total. The normalized spacial score (nSPS) is 16.7. The Labute approximate surface area is 303 Å². The van der Waals surface area contributed by atoms with E-state index >= 15 is 0 Å². The molecule has 0 aliphatic rings. The number of carboxylic acids is 1. The first kappa shape index (κ1) is 45.5. The van der Waals surface area contributed by atoms with Crippen LogP contribution >= 0.6 is 0 Å². The predicted molar refractivity (Wildman–Crippen MR) is 193 cm³/mol. The number of hydrogen-bond donors (Lipinski definition) is 4. The lowest BCUT2D eigenvalue weighted by molar-refractivity contribution is -0.154. The molecule has 51 heavy (non-hydrogen) atoms. The monoisotopic (exact) mass is 721 g/mol. The maximum atomic E-state index is 14.6. The quantitative estimate of drug-likeness (QED) is 0.128. The topological polar surface area (TPSA) is 185 Å². The Kier molecular flexibility index (Phi) is 20.0. The first-order chi connectivity index (χ1) is 23.8. The molecule has 3 amide bonds. The minimum atomic E-state index is -1.96. The molecule has 13 heteroatoms. The summed E-state index contributed by atoms with van der Waals surface area (Å²) in [5, 5.41) is 39.0. The van der Waals surface area contributed by atoms with Crippen molar-refractivity contribution in [2.75, 3.05) is 21.1 Å². The number of rotatable bonds is 23. The van der Waals surface area contributed by atoms with Gasteiger partial charge in [-0.15, -0.1) is 0 Å². The molecular formula is C38H63N3O10. The maximum Gasteiger partial charge on any atom is 0.410 e. The van der Waals surface area contributed by atoms with Gasteiger partial charge in [-0.2, -0.15) is 0 Å². The Morgan fingerprint density at radius 2 is 1.12 bits per heavy atom. The van der Waals surface area contributed by atoms with Crippen LogP contribution in [0.5, 0.6) is 0 Å². The standard InChI is InChI=1S/C38H63N3O10/c1-10-24(2)33(41(9)38(50)51-23-29-20-12-11-13-21-29)35(46)40(8)34(26(4)17-15-19-28(6)43)36(47)39(7)32(25(3)16-14-18-27(5)42)30(44)22-31(45)37(48)49/h11-13,20-21,24-28,31-34,42-43,45H,10,14-19,22-23H2,1-9H3,(H,48,49)/t24-,25-,26-,27?,28?,31?,32-,33-,34-/m0/s1. The van der Waals surface area contributed by atoms with E-state index in [1.165, 1.54) is 35.8 Å². The second kappa shape index (κ2) is 22.4. The minimum Gasteiger partial charge on any atom is -0.479 e. The van der Waals surface area contributed by atoms with Crippen molar-refractivity contribution in [3.63, 3.8) is 0 Å². The van der Waals surface area contributed by atoms with Gasteiger partial charge >= 0.3 is 12.1 Å². The SMILES string of the molecule is CC[C@H](C)[C@@H](C(=O)N(C)[C@H](C(=O)N(C)[C@H](C(=O)CC(O)C(=O)O)[C@@H](C)CCCC(C)O)[C@@H](C)CCCC(C)O)N(C)C(=O)OCc1ccccc1. The lowest BCUT2D eigenvalue weighted by atomic mass is 9.87. The summed E-state index contributed by atoms with van der Waals surface area (Å²) in [6.45, 7) is 10.6. The molecule has 1 aromatic carbocycles. The number of aliphatic carboxylic acids is 1. The molecule has 0 bridgehead atoms. The number of carboxylic acid groups (broad SMARTS) is 1. The van der Waals surface area contributed by atoms with Crippen LogP contribution in [0.3, 0.4) is 0 Å². The highest BCUT2D eigenvalue weighted by Gasteiger charge is 2.43. The van der Waals surface area contributed by atoms with Gasteiger partial charge in [0.05, 0.1) is 18.2 Å². The highest BCUT2D eigenvalue weighted by Crippen LogP contribution is 2.27. The van der Waals surface area contributed by atoms with Crippen molar-refractivity contribution in [1.29, 1.82) is 0 Å². The molecule has 0 saturated heterocycles. The summed E-state index contributed by atoms with van der Waals surface area (Å²) < 4.78 is 5.55. The van der Waals surface area contributed by atoms with Gasteiger partial charge in [0.2, 0.25) is 11.8 Å². The Morgan fingerprint density at radius 3 is 1.57 bits per heavy atom. The Balaban J connectivity index is 3.55. The highest BCUT2D eigenvalue weighted by molar-refractivity contribution is 5.95. The van der Waals surface area contributed by atoms with Crippen molar-refractivity contribution < 1.29 is 49.1 Å². The third-order valence-corrected chi connectivity index (χ3v) is 9.78. The number of aliphatic hydroxyl groups is 3. The van der Waals surface area contributed by atoms with E-state index in [0.717, 1.165) is 5.56 Å². The molecule has 3 unspecified atom stereocenters. The molecule has 9 atom stereocenters. The zero-order chi connectivity index (χ0) is 39.0. The zero-order valence-corrected chi connectivity index (χ0v) is 32.0. The zero-order valence-electron chi connectivity index (χ0n) is 32.0. The van der Waals surface area contributed by atoms with Gasteiger partial charge in [0, 0.05) is 27.6 Å². The summed E-state index contributed by atoms with van der Waals surface area (Å²) in [7, 11) is 4.43. The summed E-state index contributed by atoms with van der Waals surface area (Å²) in [4.78, 5) is 71.2. The Morgan fingerprint density at radius 1 is 0.667 bits per heavy atom. The molecule has 0 aromatic heterocycles. The number of carbonyl (C=O) groups is 5. The Bertz CT molecular complexity index is 1240. The van der Waals surface area contributed by atoms with Crippen molar-refractivity contribution in [2.45, 2.75) is 136 Å². The van der Waals surface area contributed by atoms with Gasteiger partial charge < -0.3 is 35.0 Å². The number of amides is 3. The van der Waals surface area contributed by atoms with Gasteiger partial charge in [0.25, 0.3) is 0 Å². The van der Waals surface area contributed by atoms with E-state index < -0.39 is 84.4 Å². The van der Waals surface area contributed by atoms with Crippen molar-refractivity contribution >= 4 is 29.7 Å². The fourth-order valence-electron chi connectivity index (χ4n) is 6.53. The third kappa shape index (κ3) is 14.5. The average molecular weight is 722 g/mol. The van der Waals surface area contributed by atoms with E-state index in [2.05, 4.69) is 0 Å². The van der Waals surface area contributed by atoms with E-state index in [-0.39, 0.29) is 12.5 Å². The van der Waals surface area contributed by atoms with Crippen molar-refractivity contribution in [1.82, 2.24) is 14.7 Å². The van der Waals surface area contributed by atoms with Crippen LogP contribution in [0.1, 0.15) is 98.5 Å². The molecule has 0 aliphatic carbocycles. The van der Waals surface area contributed by atoms with Crippen LogP contribution in [0.25, 0.3) is 0 Å². The fourth-order valence-corrected chi connectivity index (χ4v) is 6.53. The smallest absolute Gasteiger partial charge is 0.410 e. The summed E-state index contributed by atoms with van der Waals surface area (Å²) in [6, 6.07) is 5.92. The van der Waals surface area contributed by atoms with Gasteiger partial charge in [-0.05, 0) is 62.8 Å². The number of aliphatic hydroxyl groups excluding tert-OH is 3. The molecule has 0 fully saturated rings. The summed E-state index contributed by atoms with van der Waals surface area (Å²) in [6.07, 6.45) is -1.08. The lowest BCUT2D eigenvalue weighted by Gasteiger charge is -2.41. The first-order valence-electron chi connectivity index (χ1n) is 18.1. The van der Waals surface area contributed by atoms with Gasteiger partial charge in [0.15, 0.2) is 11.9 Å². The number of benzene rings is 1. The van der Waals surface area contributed by atoms with Gasteiger partial charge in [-0.1, -0.05) is 77.3 Å². The highest BCUT2D eigenvalue weighted by atomic mass is 16.6. The summed E-state index contributed by atoms with van der Waals surface area (Å²) in [5.74, 6) is -4.50. The van der Waals surface area contributed by atoms with Crippen molar-refractivity contribution in [3.05, 3.63) is 35.9 Å². The molecule has 13 nitrogen and oxygen atoms in total. The maximum absolute atomic E-state index is 14.6. The summed E-state index contributed by atoms with van der Waals surface area (Å²) in [5.41, 5.74) is 0.780. The molecule has 0 aliphatic heterocycles. The van der Waals surface area contributed by atoms with Crippen LogP contribution < -0.4 is 0 Å². The van der Waals surface area contributed by atoms with E-state index in [9.17, 15) is 44.4 Å². The molecule has 1 aromatic rings. The molecule has 0 saturated carbocycles. The molecule has 0 spiro atoms. The first-order valence-corrected chi connectivity index (χ1v) is 18.1. The second-order valence-electron chi connectivity index (χ2n) is 14.3. The van der Waals surface area contributed by atoms with Crippen molar-refractivity contribution in [2.24, 2.45) is 17.8 Å². The second-order valence-corrected chi connectivity index (χ2v) is 14.3. The third-order valence-electron chi connectivity index (χ3n) is 9.78. The van der Waals surface area contributed by atoms with Crippen molar-refractivity contribution in [3.8, 4) is 0 Å². The number of ether oxygens (including phenoxy) is 1. The van der Waals surface area contributed by atoms with Crippen LogP contribution in [0, 0.1) is 17.8 Å². The predicted octanol–water partition coefficient (Wildman–Crippen LogP) is 4.10. The average Bonchev–Trinajstić information content (AvgIpc) is 3.06. The van der Waals surface area contributed by atoms with E-state index in [4.69, 9.17) is 4.74 Å². The fraction of sp³-hybridized carbons (Fsp3) is 0.711.